The summed E-state index contributed by atoms with van der Waals surface area (Å²) in [5, 5.41) is 3.71. The summed E-state index contributed by atoms with van der Waals surface area (Å²) in [5.41, 5.74) is 1.63. The van der Waals surface area contributed by atoms with Crippen molar-refractivity contribution in [2.75, 3.05) is 5.32 Å². The third kappa shape index (κ3) is 3.02. The molecule has 0 saturated heterocycles. The number of aromatic nitrogens is 2. The van der Waals surface area contributed by atoms with Crippen molar-refractivity contribution in [3.05, 3.63) is 11.9 Å². The van der Waals surface area contributed by atoms with Gasteiger partial charge in [0.05, 0.1) is 5.69 Å². The molecule has 112 valence electrons. The largest absolute Gasteiger partial charge is 0.353 e. The van der Waals surface area contributed by atoms with Crippen LogP contribution >= 0.6 is 0 Å². The van der Waals surface area contributed by atoms with Crippen LogP contribution in [0.15, 0.2) is 6.20 Å². The van der Waals surface area contributed by atoms with Gasteiger partial charge >= 0.3 is 0 Å². The monoisotopic (exact) mass is 275 g/mol. The molecule has 3 nitrogen and oxygen atoms in total. The van der Waals surface area contributed by atoms with Crippen LogP contribution in [0.4, 0.5) is 5.95 Å². The second-order valence-corrected chi connectivity index (χ2v) is 7.65. The van der Waals surface area contributed by atoms with Gasteiger partial charge < -0.3 is 9.88 Å². The summed E-state index contributed by atoms with van der Waals surface area (Å²) in [5.74, 6) is 1.12. The van der Waals surface area contributed by atoms with Crippen LogP contribution in [0.5, 0.6) is 0 Å². The van der Waals surface area contributed by atoms with E-state index in [1.807, 2.05) is 0 Å². The Hall–Kier alpha value is -0.990. The molecule has 3 heteroatoms. The second kappa shape index (κ2) is 5.42. The maximum atomic E-state index is 4.75. The van der Waals surface area contributed by atoms with Crippen molar-refractivity contribution in [3.8, 4) is 0 Å². The Balaban J connectivity index is 1.77. The topological polar surface area (TPSA) is 29.9 Å². The predicted molar refractivity (Wildman–Crippen MR) is 84.1 cm³/mol. The molecule has 0 bridgehead atoms. The van der Waals surface area contributed by atoms with Crippen LogP contribution in [-0.4, -0.2) is 15.6 Å². The lowest BCUT2D eigenvalue weighted by Gasteiger charge is -2.36. The van der Waals surface area contributed by atoms with Crippen molar-refractivity contribution >= 4 is 5.95 Å². The molecule has 0 radical (unpaired) electrons. The molecule has 0 spiro atoms. The number of anilines is 1. The Bertz CT molecular complexity index is 455. The van der Waals surface area contributed by atoms with Crippen LogP contribution in [0.25, 0.3) is 0 Å². The molecule has 1 aromatic heterocycles. The minimum absolute atomic E-state index is 0.478. The molecular formula is C17H29N3. The lowest BCUT2D eigenvalue weighted by molar-refractivity contribution is 0.184. The highest BCUT2D eigenvalue weighted by Gasteiger charge is 2.30. The Kier molecular flexibility index (Phi) is 3.78. The number of rotatable bonds is 3. The van der Waals surface area contributed by atoms with Crippen LogP contribution in [0.2, 0.25) is 0 Å². The minimum Gasteiger partial charge on any atom is -0.353 e. The SMILES string of the molecule is Cc1cn(C2CCCC(C)(C)C2)c(NC2CCCC2)n1. The molecule has 0 aliphatic heterocycles. The lowest BCUT2D eigenvalue weighted by atomic mass is 9.75. The molecule has 3 rings (SSSR count). The minimum atomic E-state index is 0.478. The van der Waals surface area contributed by atoms with E-state index in [0.717, 1.165) is 11.6 Å². The van der Waals surface area contributed by atoms with E-state index < -0.39 is 0 Å². The number of aryl methyl sites for hydroxylation is 1. The highest BCUT2D eigenvalue weighted by molar-refractivity contribution is 5.31. The zero-order chi connectivity index (χ0) is 14.2. The van der Waals surface area contributed by atoms with Crippen LogP contribution in [-0.2, 0) is 0 Å². The van der Waals surface area contributed by atoms with Crippen LogP contribution in [0.1, 0.15) is 76.9 Å². The van der Waals surface area contributed by atoms with Gasteiger partial charge in [0, 0.05) is 18.3 Å². The summed E-state index contributed by atoms with van der Waals surface area (Å²) in [6.45, 7) is 6.93. The van der Waals surface area contributed by atoms with Gasteiger partial charge in [0.1, 0.15) is 0 Å². The van der Waals surface area contributed by atoms with Crippen molar-refractivity contribution in [2.24, 2.45) is 5.41 Å². The van der Waals surface area contributed by atoms with Gasteiger partial charge in [-0.1, -0.05) is 33.1 Å². The molecule has 1 heterocycles. The van der Waals surface area contributed by atoms with E-state index in [4.69, 9.17) is 4.98 Å². The Morgan fingerprint density at radius 2 is 1.95 bits per heavy atom. The van der Waals surface area contributed by atoms with Gasteiger partial charge in [-0.05, 0) is 44.4 Å². The Labute approximate surface area is 123 Å². The molecule has 2 aliphatic rings. The third-order valence-electron chi connectivity index (χ3n) is 5.11. The average Bonchev–Trinajstić information content (AvgIpc) is 2.98. The molecule has 1 atom stereocenters. The Morgan fingerprint density at radius 3 is 2.65 bits per heavy atom. The summed E-state index contributed by atoms with van der Waals surface area (Å²) < 4.78 is 2.44. The van der Waals surface area contributed by atoms with Gasteiger partial charge in [0.2, 0.25) is 5.95 Å². The van der Waals surface area contributed by atoms with E-state index in [2.05, 4.69) is 36.9 Å². The van der Waals surface area contributed by atoms with Crippen LogP contribution < -0.4 is 5.32 Å². The normalized spacial score (nSPS) is 26.9. The van der Waals surface area contributed by atoms with E-state index in [1.165, 1.54) is 51.4 Å². The number of imidazole rings is 1. The fourth-order valence-electron chi connectivity index (χ4n) is 4.05. The number of nitrogens with zero attached hydrogens (tertiary/aromatic N) is 2. The smallest absolute Gasteiger partial charge is 0.203 e. The highest BCUT2D eigenvalue weighted by atomic mass is 15.2. The second-order valence-electron chi connectivity index (χ2n) is 7.65. The molecular weight excluding hydrogens is 246 g/mol. The van der Waals surface area contributed by atoms with Gasteiger partial charge in [-0.25, -0.2) is 4.98 Å². The van der Waals surface area contributed by atoms with Crippen molar-refractivity contribution in [2.45, 2.75) is 84.2 Å². The highest BCUT2D eigenvalue weighted by Crippen LogP contribution is 2.42. The fourth-order valence-corrected chi connectivity index (χ4v) is 4.05. The summed E-state index contributed by atoms with van der Waals surface area (Å²) in [6, 6.07) is 1.27. The van der Waals surface area contributed by atoms with Crippen LogP contribution in [0, 0.1) is 12.3 Å². The molecule has 20 heavy (non-hydrogen) atoms. The first-order chi connectivity index (χ1) is 9.53. The molecule has 2 fully saturated rings. The van der Waals surface area contributed by atoms with E-state index in [0.29, 0.717) is 17.5 Å². The van der Waals surface area contributed by atoms with E-state index in [1.54, 1.807) is 0 Å². The first-order valence-corrected chi connectivity index (χ1v) is 8.35. The standard InChI is InChI=1S/C17H29N3/c1-13-12-20(15-9-6-10-17(2,3)11-15)16(18-13)19-14-7-4-5-8-14/h12,14-15H,4-11H2,1-3H3,(H,18,19). The summed E-state index contributed by atoms with van der Waals surface area (Å²) in [4.78, 5) is 4.75. The average molecular weight is 275 g/mol. The molecule has 0 aromatic carbocycles. The molecule has 1 aromatic rings. The molecule has 0 amide bonds. The number of nitrogens with one attached hydrogen (secondary N) is 1. The lowest BCUT2D eigenvalue weighted by Crippen LogP contribution is -2.26. The van der Waals surface area contributed by atoms with Crippen molar-refractivity contribution in [1.82, 2.24) is 9.55 Å². The van der Waals surface area contributed by atoms with Gasteiger partial charge in [-0.2, -0.15) is 0 Å². The van der Waals surface area contributed by atoms with E-state index >= 15 is 0 Å². The quantitative estimate of drug-likeness (QED) is 0.867. The molecule has 2 saturated carbocycles. The number of hydrogen-bond donors (Lipinski definition) is 1. The third-order valence-corrected chi connectivity index (χ3v) is 5.11. The summed E-state index contributed by atoms with van der Waals surface area (Å²) in [6.07, 6.45) is 12.9. The first-order valence-electron chi connectivity index (χ1n) is 8.35. The summed E-state index contributed by atoms with van der Waals surface area (Å²) in [7, 11) is 0. The maximum Gasteiger partial charge on any atom is 0.203 e. The Morgan fingerprint density at radius 1 is 1.20 bits per heavy atom. The number of hydrogen-bond acceptors (Lipinski definition) is 2. The van der Waals surface area contributed by atoms with E-state index in [9.17, 15) is 0 Å². The fraction of sp³-hybridized carbons (Fsp3) is 0.824. The first kappa shape index (κ1) is 14.0. The van der Waals surface area contributed by atoms with Crippen molar-refractivity contribution in [1.29, 1.82) is 0 Å². The van der Waals surface area contributed by atoms with Crippen molar-refractivity contribution in [3.63, 3.8) is 0 Å². The summed E-state index contributed by atoms with van der Waals surface area (Å²) >= 11 is 0. The van der Waals surface area contributed by atoms with E-state index in [-0.39, 0.29) is 0 Å². The molecule has 2 aliphatic carbocycles. The molecule has 1 unspecified atom stereocenters. The van der Waals surface area contributed by atoms with Gasteiger partial charge in [0.15, 0.2) is 0 Å². The van der Waals surface area contributed by atoms with Crippen LogP contribution in [0.3, 0.4) is 0 Å². The maximum absolute atomic E-state index is 4.75. The zero-order valence-corrected chi connectivity index (χ0v) is 13.3. The molecule has 1 N–H and O–H groups in total. The van der Waals surface area contributed by atoms with Gasteiger partial charge in [-0.3, -0.25) is 0 Å². The predicted octanol–water partition coefficient (Wildman–Crippen LogP) is 4.69. The zero-order valence-electron chi connectivity index (χ0n) is 13.3. The van der Waals surface area contributed by atoms with Crippen molar-refractivity contribution < 1.29 is 0 Å². The van der Waals surface area contributed by atoms with Gasteiger partial charge in [-0.15, -0.1) is 0 Å². The van der Waals surface area contributed by atoms with Gasteiger partial charge in [0.25, 0.3) is 0 Å².